The highest BCUT2D eigenvalue weighted by atomic mass is 16.5. The van der Waals surface area contributed by atoms with Crippen molar-refractivity contribution in [3.05, 3.63) is 66.0 Å². The van der Waals surface area contributed by atoms with Crippen LogP contribution < -0.4 is 19.7 Å². The molecule has 0 spiro atoms. The number of benzene rings is 2. The molecule has 7 nitrogen and oxygen atoms in total. The minimum Gasteiger partial charge on any atom is -0.493 e. The summed E-state index contributed by atoms with van der Waals surface area (Å²) >= 11 is 0. The van der Waals surface area contributed by atoms with Gasteiger partial charge in [-0.1, -0.05) is 12.1 Å². The van der Waals surface area contributed by atoms with Crippen LogP contribution in [0.5, 0.6) is 11.5 Å². The van der Waals surface area contributed by atoms with Crippen molar-refractivity contribution in [1.29, 1.82) is 0 Å². The fourth-order valence-corrected chi connectivity index (χ4v) is 2.95. The number of hydrogen-bond acceptors (Lipinski definition) is 6. The Kier molecular flexibility index (Phi) is 6.29. The van der Waals surface area contributed by atoms with Gasteiger partial charge in [-0.3, -0.25) is 4.79 Å². The normalized spacial score (nSPS) is 10.3. The van der Waals surface area contributed by atoms with Gasteiger partial charge in [0, 0.05) is 30.2 Å². The molecule has 1 aromatic heterocycles. The fourth-order valence-electron chi connectivity index (χ4n) is 2.95. The third-order valence-electron chi connectivity index (χ3n) is 4.39. The zero-order valence-corrected chi connectivity index (χ0v) is 17.0. The molecule has 3 aromatic rings. The molecule has 7 heteroatoms. The van der Waals surface area contributed by atoms with E-state index in [4.69, 9.17) is 9.47 Å². The lowest BCUT2D eigenvalue weighted by Gasteiger charge is -2.21. The number of carbonyl (C=O) groups excluding carboxylic acids is 1. The van der Waals surface area contributed by atoms with Gasteiger partial charge in [-0.05, 0) is 49.7 Å². The summed E-state index contributed by atoms with van der Waals surface area (Å²) in [5.41, 5.74) is 2.97. The Bertz CT molecular complexity index is 1010. The summed E-state index contributed by atoms with van der Waals surface area (Å²) in [6.45, 7) is 4.72. The minimum atomic E-state index is -0.332. The van der Waals surface area contributed by atoms with Gasteiger partial charge >= 0.3 is 0 Å². The van der Waals surface area contributed by atoms with E-state index in [1.807, 2.05) is 36.9 Å². The number of aromatic nitrogens is 2. The van der Waals surface area contributed by atoms with Gasteiger partial charge in [0.1, 0.15) is 5.69 Å². The van der Waals surface area contributed by atoms with Gasteiger partial charge in [-0.15, -0.1) is 0 Å². The highest BCUT2D eigenvalue weighted by Crippen LogP contribution is 2.30. The number of nitrogens with one attached hydrogen (secondary N) is 1. The summed E-state index contributed by atoms with van der Waals surface area (Å²) in [6.07, 6.45) is 1.59. The maximum absolute atomic E-state index is 12.7. The molecular formula is C22H24N4O3. The van der Waals surface area contributed by atoms with Crippen LogP contribution in [0, 0.1) is 6.92 Å². The van der Waals surface area contributed by atoms with Crippen molar-refractivity contribution in [3.63, 3.8) is 0 Å². The zero-order valence-electron chi connectivity index (χ0n) is 17.0. The van der Waals surface area contributed by atoms with Crippen LogP contribution >= 0.6 is 0 Å². The summed E-state index contributed by atoms with van der Waals surface area (Å²) in [4.78, 5) is 23.5. The standard InChI is InChI=1S/C22H24N4O3/c1-5-26(17-8-6-7-15(2)13-17)22-23-12-11-18(25-22)21(27)24-16-9-10-19(28-3)20(14-16)29-4/h6-14H,5H2,1-4H3,(H,24,27). The lowest BCUT2D eigenvalue weighted by Crippen LogP contribution is -2.21. The van der Waals surface area contributed by atoms with E-state index in [1.54, 1.807) is 44.7 Å². The number of rotatable bonds is 7. The summed E-state index contributed by atoms with van der Waals surface area (Å²) in [7, 11) is 3.11. The van der Waals surface area contributed by atoms with Crippen LogP contribution in [-0.2, 0) is 0 Å². The average molecular weight is 392 g/mol. The second-order valence-electron chi connectivity index (χ2n) is 6.35. The van der Waals surface area contributed by atoms with E-state index in [1.165, 1.54) is 0 Å². The second-order valence-corrected chi connectivity index (χ2v) is 6.35. The summed E-state index contributed by atoms with van der Waals surface area (Å²) in [5, 5.41) is 2.83. The van der Waals surface area contributed by atoms with Gasteiger partial charge < -0.3 is 19.7 Å². The van der Waals surface area contributed by atoms with Crippen molar-refractivity contribution < 1.29 is 14.3 Å². The molecule has 29 heavy (non-hydrogen) atoms. The Morgan fingerprint density at radius 3 is 2.55 bits per heavy atom. The van der Waals surface area contributed by atoms with Gasteiger partial charge in [0.2, 0.25) is 5.95 Å². The molecule has 1 heterocycles. The Balaban J connectivity index is 1.84. The molecule has 0 saturated heterocycles. The number of ether oxygens (including phenoxy) is 2. The zero-order chi connectivity index (χ0) is 20.8. The van der Waals surface area contributed by atoms with E-state index in [-0.39, 0.29) is 11.6 Å². The van der Waals surface area contributed by atoms with Crippen molar-refractivity contribution in [2.75, 3.05) is 31.0 Å². The highest BCUT2D eigenvalue weighted by Gasteiger charge is 2.15. The summed E-state index contributed by atoms with van der Waals surface area (Å²) in [6, 6.07) is 14.8. The minimum absolute atomic E-state index is 0.274. The fraction of sp³-hybridized carbons (Fsp3) is 0.227. The predicted octanol–water partition coefficient (Wildman–Crippen LogP) is 4.21. The van der Waals surface area contributed by atoms with Crippen molar-refractivity contribution in [2.45, 2.75) is 13.8 Å². The van der Waals surface area contributed by atoms with E-state index >= 15 is 0 Å². The summed E-state index contributed by atoms with van der Waals surface area (Å²) < 4.78 is 10.5. The molecule has 3 rings (SSSR count). The maximum atomic E-state index is 12.7. The number of methoxy groups -OCH3 is 2. The van der Waals surface area contributed by atoms with Crippen LogP contribution in [-0.4, -0.2) is 36.6 Å². The van der Waals surface area contributed by atoms with Crippen LogP contribution in [0.15, 0.2) is 54.7 Å². The first kappa shape index (κ1) is 20.1. The first-order chi connectivity index (χ1) is 14.0. The topological polar surface area (TPSA) is 76.6 Å². The third-order valence-corrected chi connectivity index (χ3v) is 4.39. The molecule has 0 aliphatic carbocycles. The van der Waals surface area contributed by atoms with Crippen LogP contribution in [0.25, 0.3) is 0 Å². The van der Waals surface area contributed by atoms with Crippen molar-refractivity contribution in [2.24, 2.45) is 0 Å². The van der Waals surface area contributed by atoms with E-state index in [0.29, 0.717) is 29.7 Å². The molecule has 0 aliphatic rings. The first-order valence-corrected chi connectivity index (χ1v) is 9.26. The van der Waals surface area contributed by atoms with Crippen LogP contribution in [0.4, 0.5) is 17.3 Å². The number of anilines is 3. The molecule has 0 atom stereocenters. The van der Waals surface area contributed by atoms with Gasteiger partial charge in [0.25, 0.3) is 5.91 Å². The lowest BCUT2D eigenvalue weighted by atomic mass is 10.2. The van der Waals surface area contributed by atoms with Crippen molar-refractivity contribution >= 4 is 23.2 Å². The number of amides is 1. The number of hydrogen-bond donors (Lipinski definition) is 1. The van der Waals surface area contributed by atoms with Crippen LogP contribution in [0.3, 0.4) is 0 Å². The Morgan fingerprint density at radius 2 is 1.86 bits per heavy atom. The van der Waals surface area contributed by atoms with Crippen molar-refractivity contribution in [3.8, 4) is 11.5 Å². The molecule has 2 aromatic carbocycles. The molecule has 0 fully saturated rings. The predicted molar refractivity (Wildman–Crippen MR) is 113 cm³/mol. The summed E-state index contributed by atoms with van der Waals surface area (Å²) in [5.74, 6) is 1.26. The van der Waals surface area contributed by atoms with E-state index in [9.17, 15) is 4.79 Å². The van der Waals surface area contributed by atoms with Gasteiger partial charge in [-0.25, -0.2) is 9.97 Å². The smallest absolute Gasteiger partial charge is 0.274 e. The molecule has 0 radical (unpaired) electrons. The molecule has 1 amide bonds. The SMILES string of the molecule is CCN(c1cccc(C)c1)c1nccc(C(=O)Nc2ccc(OC)c(OC)c2)n1. The average Bonchev–Trinajstić information content (AvgIpc) is 2.74. The van der Waals surface area contributed by atoms with Gasteiger partial charge in [-0.2, -0.15) is 0 Å². The molecule has 0 bridgehead atoms. The van der Waals surface area contributed by atoms with Crippen LogP contribution in [0.1, 0.15) is 23.0 Å². The van der Waals surface area contributed by atoms with Crippen LogP contribution in [0.2, 0.25) is 0 Å². The lowest BCUT2D eigenvalue weighted by molar-refractivity contribution is 0.102. The quantitative estimate of drug-likeness (QED) is 0.649. The largest absolute Gasteiger partial charge is 0.493 e. The van der Waals surface area contributed by atoms with E-state index in [2.05, 4.69) is 21.4 Å². The van der Waals surface area contributed by atoms with Gasteiger partial charge in [0.15, 0.2) is 11.5 Å². The Hall–Kier alpha value is -3.61. The molecule has 0 aliphatic heterocycles. The molecule has 0 saturated carbocycles. The number of carbonyl (C=O) groups is 1. The number of aryl methyl sites for hydroxylation is 1. The van der Waals surface area contributed by atoms with E-state index in [0.717, 1.165) is 11.3 Å². The molecule has 1 N–H and O–H groups in total. The third kappa shape index (κ3) is 4.63. The molecule has 150 valence electrons. The maximum Gasteiger partial charge on any atom is 0.274 e. The van der Waals surface area contributed by atoms with E-state index < -0.39 is 0 Å². The molecule has 0 unspecified atom stereocenters. The highest BCUT2D eigenvalue weighted by molar-refractivity contribution is 6.03. The first-order valence-electron chi connectivity index (χ1n) is 9.26. The Labute approximate surface area is 170 Å². The monoisotopic (exact) mass is 392 g/mol. The van der Waals surface area contributed by atoms with Crippen molar-refractivity contribution in [1.82, 2.24) is 9.97 Å². The second kappa shape index (κ2) is 9.05. The van der Waals surface area contributed by atoms with Gasteiger partial charge in [0.05, 0.1) is 14.2 Å². The Morgan fingerprint density at radius 1 is 1.07 bits per heavy atom. The molecular weight excluding hydrogens is 368 g/mol. The number of nitrogens with zero attached hydrogens (tertiary/aromatic N) is 3.